The smallest absolute Gasteiger partial charge is 0.328 e. The molecule has 184 valence electrons. The van der Waals surface area contributed by atoms with Crippen LogP contribution < -0.4 is 21.7 Å². The third-order valence-corrected chi connectivity index (χ3v) is 5.03. The molecule has 0 aliphatic carbocycles. The number of aliphatic hydroxyl groups excluding tert-OH is 1. The van der Waals surface area contributed by atoms with Crippen LogP contribution in [0.25, 0.3) is 0 Å². The normalized spacial score (nSPS) is 14.7. The summed E-state index contributed by atoms with van der Waals surface area (Å²) in [6, 6.07) is -4.86. The largest absolute Gasteiger partial charge is 0.481 e. The van der Waals surface area contributed by atoms with Crippen molar-refractivity contribution in [3.05, 3.63) is 0 Å². The third kappa shape index (κ3) is 11.9. The Hall–Kier alpha value is -2.38. The second-order valence-electron chi connectivity index (χ2n) is 7.65. The van der Waals surface area contributed by atoms with Gasteiger partial charge in [0.25, 0.3) is 0 Å². The van der Waals surface area contributed by atoms with E-state index in [-0.39, 0.29) is 18.8 Å². The highest BCUT2D eigenvalue weighted by molar-refractivity contribution is 7.98. The van der Waals surface area contributed by atoms with Crippen LogP contribution in [0.3, 0.4) is 0 Å². The van der Waals surface area contributed by atoms with E-state index < -0.39 is 66.9 Å². The van der Waals surface area contributed by atoms with Crippen LogP contribution in [0.1, 0.15) is 39.5 Å². The standard InChI is InChI=1S/C19H34N4O8S/c1-10(2)8-13(18(29)23-14(9-24)19(30)31)22-17(28)12(4-5-15(25)26)21-16(27)11(20)6-7-32-3/h10-14,24H,4-9,20H2,1-3H3,(H,21,27)(H,22,28)(H,23,29)(H,25,26)(H,30,31). The van der Waals surface area contributed by atoms with Gasteiger partial charge in [0, 0.05) is 6.42 Å². The lowest BCUT2D eigenvalue weighted by Crippen LogP contribution is -2.57. The van der Waals surface area contributed by atoms with Crippen LogP contribution >= 0.6 is 11.8 Å². The van der Waals surface area contributed by atoms with E-state index in [1.807, 2.05) is 6.26 Å². The molecule has 0 heterocycles. The summed E-state index contributed by atoms with van der Waals surface area (Å²) in [5.74, 6) is -4.32. The van der Waals surface area contributed by atoms with E-state index in [1.54, 1.807) is 13.8 Å². The number of hydrogen-bond acceptors (Lipinski definition) is 8. The second-order valence-corrected chi connectivity index (χ2v) is 8.64. The molecular weight excluding hydrogens is 444 g/mol. The summed E-state index contributed by atoms with van der Waals surface area (Å²) >= 11 is 1.49. The molecule has 4 atom stereocenters. The first kappa shape index (κ1) is 29.6. The van der Waals surface area contributed by atoms with Gasteiger partial charge in [-0.15, -0.1) is 0 Å². The lowest BCUT2D eigenvalue weighted by atomic mass is 10.0. The van der Waals surface area contributed by atoms with Crippen LogP contribution in [0, 0.1) is 5.92 Å². The van der Waals surface area contributed by atoms with Crippen LogP contribution in [0.15, 0.2) is 0 Å². The van der Waals surface area contributed by atoms with Crippen molar-refractivity contribution in [1.29, 1.82) is 0 Å². The van der Waals surface area contributed by atoms with Gasteiger partial charge in [-0.1, -0.05) is 13.8 Å². The summed E-state index contributed by atoms with van der Waals surface area (Å²) in [6.07, 6.45) is 1.70. The number of nitrogens with two attached hydrogens (primary N) is 1. The monoisotopic (exact) mass is 478 g/mol. The molecule has 12 nitrogen and oxygen atoms in total. The molecule has 0 saturated heterocycles. The summed E-state index contributed by atoms with van der Waals surface area (Å²) < 4.78 is 0. The Balaban J connectivity index is 5.43. The highest BCUT2D eigenvalue weighted by Gasteiger charge is 2.30. The minimum atomic E-state index is -1.55. The van der Waals surface area contributed by atoms with E-state index in [1.165, 1.54) is 11.8 Å². The molecule has 0 aromatic carbocycles. The van der Waals surface area contributed by atoms with E-state index in [4.69, 9.17) is 21.1 Å². The van der Waals surface area contributed by atoms with Crippen molar-refractivity contribution in [3.8, 4) is 0 Å². The minimum absolute atomic E-state index is 0.0736. The Kier molecular flexibility index (Phi) is 14.3. The number of carbonyl (C=O) groups excluding carboxylic acids is 3. The van der Waals surface area contributed by atoms with Gasteiger partial charge < -0.3 is 37.0 Å². The number of aliphatic hydroxyl groups is 1. The first-order valence-corrected chi connectivity index (χ1v) is 11.5. The van der Waals surface area contributed by atoms with Crippen LogP contribution in [-0.2, 0) is 24.0 Å². The molecule has 0 bridgehead atoms. The number of hydrogen-bond donors (Lipinski definition) is 7. The van der Waals surface area contributed by atoms with Crippen molar-refractivity contribution in [3.63, 3.8) is 0 Å². The van der Waals surface area contributed by atoms with E-state index in [9.17, 15) is 24.0 Å². The summed E-state index contributed by atoms with van der Waals surface area (Å²) in [6.45, 7) is 2.72. The van der Waals surface area contributed by atoms with Crippen molar-refractivity contribution in [2.75, 3.05) is 18.6 Å². The molecule has 0 aromatic heterocycles. The molecule has 0 fully saturated rings. The summed E-state index contributed by atoms with van der Waals surface area (Å²) in [5.41, 5.74) is 5.80. The average Bonchev–Trinajstić information content (AvgIpc) is 2.71. The average molecular weight is 479 g/mol. The fourth-order valence-corrected chi connectivity index (χ4v) is 3.11. The van der Waals surface area contributed by atoms with Crippen LogP contribution in [0.2, 0.25) is 0 Å². The maximum atomic E-state index is 12.8. The molecule has 8 N–H and O–H groups in total. The van der Waals surface area contributed by atoms with Gasteiger partial charge >= 0.3 is 11.9 Å². The van der Waals surface area contributed by atoms with Gasteiger partial charge in [0.05, 0.1) is 12.6 Å². The van der Waals surface area contributed by atoms with E-state index in [0.717, 1.165) is 0 Å². The van der Waals surface area contributed by atoms with E-state index >= 15 is 0 Å². The number of thioether (sulfide) groups is 1. The molecule has 4 unspecified atom stereocenters. The van der Waals surface area contributed by atoms with Crippen LogP contribution in [0.4, 0.5) is 0 Å². The van der Waals surface area contributed by atoms with Gasteiger partial charge in [-0.25, -0.2) is 4.79 Å². The summed E-state index contributed by atoms with van der Waals surface area (Å²) in [7, 11) is 0. The fourth-order valence-electron chi connectivity index (χ4n) is 2.62. The number of carbonyl (C=O) groups is 5. The van der Waals surface area contributed by atoms with Crippen LogP contribution in [0.5, 0.6) is 0 Å². The van der Waals surface area contributed by atoms with Gasteiger partial charge in [0.2, 0.25) is 17.7 Å². The number of amides is 3. The van der Waals surface area contributed by atoms with Crippen molar-refractivity contribution in [2.24, 2.45) is 11.7 Å². The summed E-state index contributed by atoms with van der Waals surface area (Å²) in [5, 5.41) is 34.1. The number of aliphatic carboxylic acids is 2. The minimum Gasteiger partial charge on any atom is -0.481 e. The number of rotatable bonds is 16. The molecule has 0 spiro atoms. The van der Waals surface area contributed by atoms with Crippen molar-refractivity contribution in [1.82, 2.24) is 16.0 Å². The molecule has 0 rings (SSSR count). The molecule has 32 heavy (non-hydrogen) atoms. The predicted molar refractivity (Wildman–Crippen MR) is 118 cm³/mol. The quantitative estimate of drug-likeness (QED) is 0.137. The maximum absolute atomic E-state index is 12.8. The van der Waals surface area contributed by atoms with Gasteiger partial charge in [-0.2, -0.15) is 11.8 Å². The number of nitrogens with one attached hydrogen (secondary N) is 3. The zero-order valence-corrected chi connectivity index (χ0v) is 19.3. The van der Waals surface area contributed by atoms with E-state index in [0.29, 0.717) is 12.2 Å². The van der Waals surface area contributed by atoms with Gasteiger partial charge in [0.1, 0.15) is 18.1 Å². The molecule has 0 radical (unpaired) electrons. The molecule has 0 aromatic rings. The molecule has 3 amide bonds. The van der Waals surface area contributed by atoms with Crippen molar-refractivity contribution >= 4 is 41.4 Å². The Morgan fingerprint density at radius 3 is 1.88 bits per heavy atom. The Labute approximate surface area is 191 Å². The van der Waals surface area contributed by atoms with Gasteiger partial charge in [0.15, 0.2) is 0 Å². The van der Waals surface area contributed by atoms with Crippen LogP contribution in [-0.4, -0.2) is 87.8 Å². The maximum Gasteiger partial charge on any atom is 0.328 e. The molecule has 0 aliphatic heterocycles. The second kappa shape index (κ2) is 15.4. The number of carboxylic acids is 2. The SMILES string of the molecule is CSCCC(N)C(=O)NC(CCC(=O)O)C(=O)NC(CC(C)C)C(=O)NC(CO)C(=O)O. The molecule has 0 aliphatic rings. The Morgan fingerprint density at radius 2 is 1.41 bits per heavy atom. The van der Waals surface area contributed by atoms with E-state index in [2.05, 4.69) is 16.0 Å². The zero-order valence-electron chi connectivity index (χ0n) is 18.5. The van der Waals surface area contributed by atoms with Gasteiger partial charge in [-0.3, -0.25) is 19.2 Å². The third-order valence-electron chi connectivity index (χ3n) is 4.39. The van der Waals surface area contributed by atoms with Gasteiger partial charge in [-0.05, 0) is 37.2 Å². The topological polar surface area (TPSA) is 208 Å². The zero-order chi connectivity index (χ0) is 24.8. The number of carboxylic acid groups (broad SMARTS) is 2. The molecular formula is C19H34N4O8S. The first-order chi connectivity index (χ1) is 14.9. The highest BCUT2D eigenvalue weighted by atomic mass is 32.2. The summed E-state index contributed by atoms with van der Waals surface area (Å²) in [4.78, 5) is 59.7. The van der Waals surface area contributed by atoms with Crippen molar-refractivity contribution < 1.29 is 39.3 Å². The lowest BCUT2D eigenvalue weighted by Gasteiger charge is -2.25. The molecule has 13 heteroatoms. The fraction of sp³-hybridized carbons (Fsp3) is 0.737. The highest BCUT2D eigenvalue weighted by Crippen LogP contribution is 2.08. The first-order valence-electron chi connectivity index (χ1n) is 10.1. The predicted octanol–water partition coefficient (Wildman–Crippen LogP) is -1.49. The Bertz CT molecular complexity index is 661. The molecule has 0 saturated carbocycles. The Morgan fingerprint density at radius 1 is 0.875 bits per heavy atom. The lowest BCUT2D eigenvalue weighted by molar-refractivity contribution is -0.143. The van der Waals surface area contributed by atoms with Crippen molar-refractivity contribution in [2.45, 2.75) is 63.7 Å².